The lowest BCUT2D eigenvalue weighted by Crippen LogP contribution is -2.05. The van der Waals surface area contributed by atoms with Crippen molar-refractivity contribution in [2.75, 3.05) is 0 Å². The fraction of sp³-hybridized carbons (Fsp3) is 0.133. The van der Waals surface area contributed by atoms with Crippen molar-refractivity contribution in [3.8, 4) is 5.69 Å². The van der Waals surface area contributed by atoms with Crippen molar-refractivity contribution in [3.63, 3.8) is 0 Å². The first-order valence-electron chi connectivity index (χ1n) is 7.01. The molecule has 6 nitrogen and oxygen atoms in total. The Morgan fingerprint density at radius 2 is 2.00 bits per heavy atom. The molecule has 23 heavy (non-hydrogen) atoms. The van der Waals surface area contributed by atoms with Gasteiger partial charge in [0.25, 0.3) is 0 Å². The number of aromatic nitrogens is 6. The highest BCUT2D eigenvalue weighted by atomic mass is 32.2. The molecule has 0 aliphatic carbocycles. The van der Waals surface area contributed by atoms with Crippen LogP contribution in [0.2, 0.25) is 0 Å². The Labute approximate surface area is 140 Å². The average Bonchev–Trinajstić information content (AvgIpc) is 3.25. The molecule has 8 heteroatoms. The van der Waals surface area contributed by atoms with E-state index in [0.717, 1.165) is 26.8 Å². The molecule has 3 heterocycles. The van der Waals surface area contributed by atoms with E-state index in [1.54, 1.807) is 34.1 Å². The third kappa shape index (κ3) is 2.71. The largest absolute Gasteiger partial charge is 0.235 e. The summed E-state index contributed by atoms with van der Waals surface area (Å²) < 4.78 is 2.87. The summed E-state index contributed by atoms with van der Waals surface area (Å²) in [7, 11) is 0. The van der Waals surface area contributed by atoms with Crippen LogP contribution in [-0.4, -0.2) is 30.2 Å². The molecule has 114 valence electrons. The summed E-state index contributed by atoms with van der Waals surface area (Å²) in [6, 6.07) is 11.9. The van der Waals surface area contributed by atoms with Crippen LogP contribution in [-0.2, 0) is 0 Å². The predicted molar refractivity (Wildman–Crippen MR) is 90.8 cm³/mol. The van der Waals surface area contributed by atoms with Gasteiger partial charge in [-0.15, -0.1) is 16.4 Å². The molecular formula is C15H12N6S2. The molecule has 0 spiro atoms. The number of benzene rings is 1. The lowest BCUT2D eigenvalue weighted by Gasteiger charge is -2.11. The zero-order chi connectivity index (χ0) is 15.6. The molecule has 0 aliphatic rings. The van der Waals surface area contributed by atoms with Crippen molar-refractivity contribution >= 4 is 33.3 Å². The van der Waals surface area contributed by atoms with Gasteiger partial charge in [0, 0.05) is 0 Å². The van der Waals surface area contributed by atoms with Gasteiger partial charge < -0.3 is 0 Å². The first-order chi connectivity index (χ1) is 11.3. The quantitative estimate of drug-likeness (QED) is 0.418. The van der Waals surface area contributed by atoms with E-state index in [2.05, 4.69) is 32.4 Å². The van der Waals surface area contributed by atoms with Crippen LogP contribution < -0.4 is 0 Å². The first-order valence-corrected chi connectivity index (χ1v) is 8.77. The molecule has 0 fully saturated rings. The highest BCUT2D eigenvalue weighted by molar-refractivity contribution is 7.99. The fourth-order valence-corrected chi connectivity index (χ4v) is 4.19. The maximum atomic E-state index is 4.42. The molecule has 1 aromatic carbocycles. The smallest absolute Gasteiger partial charge is 0.169 e. The molecule has 0 aliphatic heterocycles. The molecule has 0 amide bonds. The normalized spacial score (nSPS) is 12.6. The van der Waals surface area contributed by atoms with Crippen molar-refractivity contribution in [1.29, 1.82) is 0 Å². The van der Waals surface area contributed by atoms with Gasteiger partial charge >= 0.3 is 0 Å². The van der Waals surface area contributed by atoms with E-state index in [-0.39, 0.29) is 5.25 Å². The van der Waals surface area contributed by atoms with Crippen LogP contribution in [0.1, 0.15) is 18.0 Å². The van der Waals surface area contributed by atoms with Crippen LogP contribution in [0, 0.1) is 0 Å². The predicted octanol–water partition coefficient (Wildman–Crippen LogP) is 3.52. The zero-order valence-corrected chi connectivity index (χ0v) is 13.8. The van der Waals surface area contributed by atoms with Gasteiger partial charge in [-0.05, 0) is 40.9 Å². The van der Waals surface area contributed by atoms with Crippen molar-refractivity contribution in [2.45, 2.75) is 17.2 Å². The molecular weight excluding hydrogens is 328 g/mol. The summed E-state index contributed by atoms with van der Waals surface area (Å²) in [6.07, 6.45) is 1.60. The van der Waals surface area contributed by atoms with Gasteiger partial charge in [0.05, 0.1) is 21.2 Å². The maximum absolute atomic E-state index is 4.42. The molecule has 0 N–H and O–H groups in total. The summed E-state index contributed by atoms with van der Waals surface area (Å²) >= 11 is 3.29. The van der Waals surface area contributed by atoms with Gasteiger partial charge in [-0.2, -0.15) is 4.68 Å². The van der Waals surface area contributed by atoms with E-state index in [9.17, 15) is 0 Å². The Morgan fingerprint density at radius 3 is 2.87 bits per heavy atom. The molecule has 0 radical (unpaired) electrons. The third-order valence-electron chi connectivity index (χ3n) is 3.36. The van der Waals surface area contributed by atoms with Crippen LogP contribution in [0.3, 0.4) is 0 Å². The molecule has 3 aromatic heterocycles. The lowest BCUT2D eigenvalue weighted by molar-refractivity contribution is 0.762. The van der Waals surface area contributed by atoms with Crippen LogP contribution >= 0.6 is 23.1 Å². The number of para-hydroxylation sites is 1. The monoisotopic (exact) mass is 340 g/mol. The second-order valence-corrected chi connectivity index (χ2v) is 7.10. The zero-order valence-electron chi connectivity index (χ0n) is 12.2. The van der Waals surface area contributed by atoms with Crippen LogP contribution in [0.4, 0.5) is 0 Å². The number of fused-ring (bicyclic) bond motifs is 1. The minimum Gasteiger partial charge on any atom is -0.235 e. The Hall–Kier alpha value is -2.32. The number of tetrazole rings is 1. The molecule has 0 saturated carbocycles. The Bertz CT molecular complexity index is 933. The number of rotatable bonds is 4. The minimum absolute atomic E-state index is 0.0606. The van der Waals surface area contributed by atoms with Gasteiger partial charge in [-0.25, -0.2) is 9.97 Å². The number of hydrogen-bond donors (Lipinski definition) is 0. The summed E-state index contributed by atoms with van der Waals surface area (Å²) in [5.74, 6) is 0.796. The molecule has 1 atom stereocenters. The maximum Gasteiger partial charge on any atom is 0.169 e. The molecule has 4 aromatic rings. The van der Waals surface area contributed by atoms with Gasteiger partial charge in [-0.1, -0.05) is 30.0 Å². The molecule has 0 saturated heterocycles. The van der Waals surface area contributed by atoms with E-state index in [1.807, 2.05) is 41.8 Å². The fourth-order valence-electron chi connectivity index (χ4n) is 2.27. The summed E-state index contributed by atoms with van der Waals surface area (Å²) in [5.41, 5.74) is 1.92. The first kappa shape index (κ1) is 14.3. The molecule has 0 unspecified atom stereocenters. The Kier molecular flexibility index (Phi) is 3.76. The Morgan fingerprint density at radius 1 is 1.13 bits per heavy atom. The lowest BCUT2D eigenvalue weighted by atomic mass is 10.3. The van der Waals surface area contributed by atoms with Crippen molar-refractivity contribution in [3.05, 3.63) is 53.9 Å². The van der Waals surface area contributed by atoms with Gasteiger partial charge in [0.15, 0.2) is 5.82 Å². The van der Waals surface area contributed by atoms with Gasteiger partial charge in [0.1, 0.15) is 11.4 Å². The van der Waals surface area contributed by atoms with Gasteiger partial charge in [-0.3, -0.25) is 0 Å². The Balaban J connectivity index is 1.67. The molecule has 4 rings (SSSR count). The van der Waals surface area contributed by atoms with E-state index in [4.69, 9.17) is 0 Å². The van der Waals surface area contributed by atoms with Crippen LogP contribution in [0.25, 0.3) is 15.9 Å². The standard InChI is InChI=1S/C15H12N6S2/c1-10(23-15-13-12(7-8-22-13)16-9-17-15)14-18-19-20-21(14)11-5-3-2-4-6-11/h2-10H,1H3/t10-/m0/s1. The van der Waals surface area contributed by atoms with E-state index in [1.165, 1.54) is 0 Å². The number of hydrogen-bond acceptors (Lipinski definition) is 7. The van der Waals surface area contributed by atoms with E-state index in [0.29, 0.717) is 0 Å². The minimum atomic E-state index is 0.0606. The second kappa shape index (κ2) is 6.05. The van der Waals surface area contributed by atoms with Gasteiger partial charge in [0.2, 0.25) is 0 Å². The van der Waals surface area contributed by atoms with Crippen molar-refractivity contribution in [2.24, 2.45) is 0 Å². The molecule has 0 bridgehead atoms. The van der Waals surface area contributed by atoms with Crippen LogP contribution in [0.15, 0.2) is 53.1 Å². The SMILES string of the molecule is C[C@H](Sc1ncnc2ccsc12)c1nnnn1-c1ccccc1. The summed E-state index contributed by atoms with van der Waals surface area (Å²) in [6.45, 7) is 2.08. The van der Waals surface area contributed by atoms with Crippen molar-refractivity contribution in [1.82, 2.24) is 30.2 Å². The number of thioether (sulfide) groups is 1. The highest BCUT2D eigenvalue weighted by Gasteiger charge is 2.19. The topological polar surface area (TPSA) is 69.4 Å². The van der Waals surface area contributed by atoms with Crippen molar-refractivity contribution < 1.29 is 0 Å². The highest BCUT2D eigenvalue weighted by Crippen LogP contribution is 2.37. The summed E-state index contributed by atoms with van der Waals surface area (Å²) in [5, 5.41) is 15.2. The van der Waals surface area contributed by atoms with E-state index < -0.39 is 0 Å². The van der Waals surface area contributed by atoms with E-state index >= 15 is 0 Å². The van der Waals surface area contributed by atoms with Crippen LogP contribution in [0.5, 0.6) is 0 Å². The number of thiophene rings is 1. The number of nitrogens with zero attached hydrogens (tertiary/aromatic N) is 6. The summed E-state index contributed by atoms with van der Waals surface area (Å²) in [4.78, 5) is 8.69. The third-order valence-corrected chi connectivity index (χ3v) is 5.49. The average molecular weight is 340 g/mol. The second-order valence-electron chi connectivity index (χ2n) is 4.86.